The fraction of sp³-hybridized carbons (Fsp3) is 0.333. The Bertz CT molecular complexity index is 1090. The van der Waals surface area contributed by atoms with E-state index in [1.165, 1.54) is 0 Å². The standard InChI is InChI=1S/C24H24ClN3O2/c1-15-9-19(27-12-21(15)25)10-22(29)20-11-24(20,18-7-5-4-6-8-18)14-30-23-13-26-17(3)28-16(23)2/h4-9,12-13,20H,10-11,14H2,1-3H3/t20-,24+/m0/s1. The molecule has 0 saturated heterocycles. The van der Waals surface area contributed by atoms with Crippen LogP contribution < -0.4 is 4.74 Å². The average molecular weight is 422 g/mol. The predicted octanol–water partition coefficient (Wildman–Crippen LogP) is 4.60. The number of hydrogen-bond donors (Lipinski definition) is 0. The molecule has 1 aromatic carbocycles. The zero-order valence-corrected chi connectivity index (χ0v) is 18.1. The Morgan fingerprint density at radius 2 is 1.93 bits per heavy atom. The molecule has 3 aromatic rings. The zero-order chi connectivity index (χ0) is 21.3. The van der Waals surface area contributed by atoms with Crippen molar-refractivity contribution in [2.75, 3.05) is 6.61 Å². The highest BCUT2D eigenvalue weighted by atomic mass is 35.5. The summed E-state index contributed by atoms with van der Waals surface area (Å²) in [7, 11) is 0. The lowest BCUT2D eigenvalue weighted by atomic mass is 9.91. The molecule has 0 spiro atoms. The molecule has 0 radical (unpaired) electrons. The van der Waals surface area contributed by atoms with E-state index in [2.05, 4.69) is 27.1 Å². The number of aryl methyl sites for hydroxylation is 3. The van der Waals surface area contributed by atoms with Gasteiger partial charge in [-0.3, -0.25) is 9.78 Å². The van der Waals surface area contributed by atoms with Gasteiger partial charge in [-0.2, -0.15) is 0 Å². The predicted molar refractivity (Wildman–Crippen MR) is 116 cm³/mol. The number of hydrogen-bond acceptors (Lipinski definition) is 5. The summed E-state index contributed by atoms with van der Waals surface area (Å²) >= 11 is 6.07. The van der Waals surface area contributed by atoms with Crippen LogP contribution in [0.2, 0.25) is 5.02 Å². The number of ether oxygens (including phenoxy) is 1. The molecular weight excluding hydrogens is 398 g/mol. The summed E-state index contributed by atoms with van der Waals surface area (Å²) in [6, 6.07) is 12.0. The van der Waals surface area contributed by atoms with E-state index in [9.17, 15) is 4.79 Å². The Labute approximate surface area is 181 Å². The minimum atomic E-state index is -0.336. The van der Waals surface area contributed by atoms with Gasteiger partial charge in [-0.25, -0.2) is 9.97 Å². The number of carbonyl (C=O) groups is 1. The minimum Gasteiger partial charge on any atom is -0.489 e. The number of pyridine rings is 1. The van der Waals surface area contributed by atoms with Gasteiger partial charge in [-0.1, -0.05) is 41.9 Å². The Hall–Kier alpha value is -2.79. The first kappa shape index (κ1) is 20.5. The maximum Gasteiger partial charge on any atom is 0.158 e. The lowest BCUT2D eigenvalue weighted by molar-refractivity contribution is -0.120. The van der Waals surface area contributed by atoms with E-state index >= 15 is 0 Å². The van der Waals surface area contributed by atoms with Crippen LogP contribution in [0.15, 0.2) is 48.8 Å². The number of aromatic nitrogens is 3. The average Bonchev–Trinajstić information content (AvgIpc) is 3.47. The third-order valence-corrected chi connectivity index (χ3v) is 6.21. The number of nitrogens with zero attached hydrogens (tertiary/aromatic N) is 3. The molecule has 2 heterocycles. The molecular formula is C24H24ClN3O2. The number of ketones is 1. The smallest absolute Gasteiger partial charge is 0.158 e. The van der Waals surface area contributed by atoms with E-state index < -0.39 is 0 Å². The van der Waals surface area contributed by atoms with E-state index in [0.29, 0.717) is 29.6 Å². The molecule has 154 valence electrons. The Kier molecular flexibility index (Phi) is 5.56. The fourth-order valence-electron chi connectivity index (χ4n) is 3.98. The summed E-state index contributed by atoms with van der Waals surface area (Å²) in [4.78, 5) is 26.1. The summed E-state index contributed by atoms with van der Waals surface area (Å²) in [5, 5.41) is 0.611. The van der Waals surface area contributed by atoms with Gasteiger partial charge >= 0.3 is 0 Å². The van der Waals surface area contributed by atoms with Gasteiger partial charge in [-0.05, 0) is 44.4 Å². The summed E-state index contributed by atoms with van der Waals surface area (Å²) in [6.07, 6.45) is 4.37. The molecule has 2 aromatic heterocycles. The molecule has 2 atom stereocenters. The van der Waals surface area contributed by atoms with Crippen LogP contribution in [0.3, 0.4) is 0 Å². The van der Waals surface area contributed by atoms with Crippen molar-refractivity contribution < 1.29 is 9.53 Å². The van der Waals surface area contributed by atoms with Crippen molar-refractivity contribution >= 4 is 17.4 Å². The molecule has 6 heteroatoms. The van der Waals surface area contributed by atoms with E-state index in [1.807, 2.05) is 45.0 Å². The molecule has 0 unspecified atom stereocenters. The third kappa shape index (κ3) is 4.08. The van der Waals surface area contributed by atoms with Crippen LogP contribution in [0.5, 0.6) is 5.75 Å². The van der Waals surface area contributed by atoms with Crippen LogP contribution >= 0.6 is 11.6 Å². The van der Waals surface area contributed by atoms with E-state index in [4.69, 9.17) is 16.3 Å². The first-order valence-electron chi connectivity index (χ1n) is 10.0. The quantitative estimate of drug-likeness (QED) is 0.557. The minimum absolute atomic E-state index is 0.107. The van der Waals surface area contributed by atoms with Crippen molar-refractivity contribution in [1.29, 1.82) is 0 Å². The number of halogens is 1. The second kappa shape index (κ2) is 8.15. The maximum absolute atomic E-state index is 13.1. The summed E-state index contributed by atoms with van der Waals surface area (Å²) in [5.74, 6) is 1.43. The van der Waals surface area contributed by atoms with Gasteiger partial charge in [0.15, 0.2) is 5.75 Å². The van der Waals surface area contributed by atoms with Crippen LogP contribution in [0.25, 0.3) is 0 Å². The van der Waals surface area contributed by atoms with E-state index in [0.717, 1.165) is 28.9 Å². The SMILES string of the molecule is Cc1ncc(OC[C@@]2(c3ccccc3)C[C@H]2C(=O)Cc2cc(C)c(Cl)cn2)c(C)n1. The Morgan fingerprint density at radius 3 is 2.63 bits per heavy atom. The third-order valence-electron chi connectivity index (χ3n) is 5.81. The topological polar surface area (TPSA) is 65.0 Å². The van der Waals surface area contributed by atoms with Crippen molar-refractivity contribution in [3.8, 4) is 5.75 Å². The van der Waals surface area contributed by atoms with Gasteiger partial charge in [0.25, 0.3) is 0 Å². The highest BCUT2D eigenvalue weighted by molar-refractivity contribution is 6.31. The molecule has 0 bridgehead atoms. The number of carbonyl (C=O) groups excluding carboxylic acids is 1. The van der Waals surface area contributed by atoms with Crippen LogP contribution in [-0.4, -0.2) is 27.3 Å². The fourth-order valence-corrected chi connectivity index (χ4v) is 4.08. The summed E-state index contributed by atoms with van der Waals surface area (Å²) in [6.45, 7) is 6.09. The molecule has 5 nitrogen and oxygen atoms in total. The van der Waals surface area contributed by atoms with Gasteiger partial charge in [0, 0.05) is 29.6 Å². The molecule has 1 aliphatic carbocycles. The van der Waals surface area contributed by atoms with Crippen molar-refractivity contribution in [3.63, 3.8) is 0 Å². The molecule has 0 amide bonds. The monoisotopic (exact) mass is 421 g/mol. The van der Waals surface area contributed by atoms with Crippen molar-refractivity contribution in [2.45, 2.75) is 39.0 Å². The number of rotatable bonds is 7. The second-order valence-corrected chi connectivity index (χ2v) is 8.41. The molecule has 0 aliphatic heterocycles. The Morgan fingerprint density at radius 1 is 1.17 bits per heavy atom. The second-order valence-electron chi connectivity index (χ2n) is 8.00. The van der Waals surface area contributed by atoms with Gasteiger partial charge in [0.1, 0.15) is 11.6 Å². The van der Waals surface area contributed by atoms with Crippen molar-refractivity contribution in [3.05, 3.63) is 82.2 Å². The zero-order valence-electron chi connectivity index (χ0n) is 17.4. The van der Waals surface area contributed by atoms with E-state index in [-0.39, 0.29) is 17.1 Å². The van der Waals surface area contributed by atoms with E-state index in [1.54, 1.807) is 12.4 Å². The highest BCUT2D eigenvalue weighted by Gasteiger charge is 2.59. The highest BCUT2D eigenvalue weighted by Crippen LogP contribution is 2.55. The van der Waals surface area contributed by atoms with Crippen LogP contribution in [0.4, 0.5) is 0 Å². The summed E-state index contributed by atoms with van der Waals surface area (Å²) < 4.78 is 6.13. The molecule has 4 rings (SSSR count). The van der Waals surface area contributed by atoms with Crippen LogP contribution in [0, 0.1) is 26.7 Å². The number of Topliss-reactive ketones (excluding diaryl/α,β-unsaturated/α-hetero) is 1. The largest absolute Gasteiger partial charge is 0.489 e. The van der Waals surface area contributed by atoms with Gasteiger partial charge in [0.05, 0.1) is 23.5 Å². The summed E-state index contributed by atoms with van der Waals surface area (Å²) in [5.41, 5.74) is 3.26. The van der Waals surface area contributed by atoms with Crippen LogP contribution in [0.1, 0.15) is 34.8 Å². The molecule has 1 aliphatic rings. The molecule has 0 N–H and O–H groups in total. The van der Waals surface area contributed by atoms with Gasteiger partial charge in [-0.15, -0.1) is 0 Å². The van der Waals surface area contributed by atoms with Gasteiger partial charge < -0.3 is 4.74 Å². The van der Waals surface area contributed by atoms with Crippen molar-refractivity contribution in [2.24, 2.45) is 5.92 Å². The normalized spacial score (nSPS) is 20.1. The maximum atomic E-state index is 13.1. The van der Waals surface area contributed by atoms with Crippen LogP contribution in [-0.2, 0) is 16.6 Å². The lowest BCUT2D eigenvalue weighted by Gasteiger charge is -2.19. The molecule has 1 fully saturated rings. The van der Waals surface area contributed by atoms with Gasteiger partial charge in [0.2, 0.25) is 0 Å². The first-order chi connectivity index (χ1) is 14.4. The Balaban J connectivity index is 1.54. The number of benzene rings is 1. The molecule has 30 heavy (non-hydrogen) atoms. The first-order valence-corrected chi connectivity index (χ1v) is 10.4. The lowest BCUT2D eigenvalue weighted by Crippen LogP contribution is -2.24. The molecule has 1 saturated carbocycles. The van der Waals surface area contributed by atoms with Crippen molar-refractivity contribution in [1.82, 2.24) is 15.0 Å².